The Morgan fingerprint density at radius 3 is 2.36 bits per heavy atom. The van der Waals surface area contributed by atoms with Crippen LogP contribution in [0.2, 0.25) is 0 Å². The van der Waals surface area contributed by atoms with Gasteiger partial charge in [-0.2, -0.15) is 0 Å². The first-order valence-corrected chi connectivity index (χ1v) is 9.81. The molecule has 0 heterocycles. The fourth-order valence-electron chi connectivity index (χ4n) is 2.85. The van der Waals surface area contributed by atoms with Crippen LogP contribution in [0.4, 0.5) is 5.69 Å². The van der Waals surface area contributed by atoms with E-state index >= 15 is 0 Å². The minimum Gasteiger partial charge on any atom is -0.497 e. The molecule has 1 N–H and O–H groups in total. The van der Waals surface area contributed by atoms with Crippen LogP contribution in [0, 0.1) is 6.92 Å². The molecule has 0 radical (unpaired) electrons. The van der Waals surface area contributed by atoms with E-state index in [4.69, 9.17) is 14.2 Å². The Morgan fingerprint density at radius 2 is 1.68 bits per heavy atom. The second-order valence-electron chi connectivity index (χ2n) is 6.41. The number of hydrogen-bond acceptors (Lipinski definition) is 4. The van der Waals surface area contributed by atoms with Crippen molar-refractivity contribution in [3.63, 3.8) is 0 Å². The van der Waals surface area contributed by atoms with Crippen LogP contribution >= 0.6 is 15.9 Å². The molecule has 146 valence electrons. The number of hydrogen-bond donors (Lipinski definition) is 1. The van der Waals surface area contributed by atoms with Gasteiger partial charge in [-0.1, -0.05) is 24.3 Å². The van der Waals surface area contributed by atoms with Crippen molar-refractivity contribution in [2.75, 3.05) is 19.5 Å². The van der Waals surface area contributed by atoms with Crippen molar-refractivity contribution in [2.24, 2.45) is 0 Å². The van der Waals surface area contributed by atoms with Gasteiger partial charge in [-0.15, -0.1) is 0 Å². The Hall–Kier alpha value is -2.66. The van der Waals surface area contributed by atoms with Crippen LogP contribution in [0.3, 0.4) is 0 Å². The molecular formula is C23H24BrNO3. The van der Waals surface area contributed by atoms with Crippen molar-refractivity contribution in [1.29, 1.82) is 0 Å². The lowest BCUT2D eigenvalue weighted by Crippen LogP contribution is -2.03. The molecule has 0 unspecified atom stereocenters. The van der Waals surface area contributed by atoms with Gasteiger partial charge in [0.1, 0.15) is 12.4 Å². The third-order valence-electron chi connectivity index (χ3n) is 4.51. The highest BCUT2D eigenvalue weighted by molar-refractivity contribution is 9.10. The first-order valence-electron chi connectivity index (χ1n) is 9.02. The fraction of sp³-hybridized carbons (Fsp3) is 0.217. The monoisotopic (exact) mass is 441 g/mol. The summed E-state index contributed by atoms with van der Waals surface area (Å²) in [5, 5.41) is 3.40. The molecule has 0 fully saturated rings. The molecule has 4 nitrogen and oxygen atoms in total. The Labute approximate surface area is 174 Å². The Morgan fingerprint density at radius 1 is 0.929 bits per heavy atom. The third kappa shape index (κ3) is 4.98. The summed E-state index contributed by atoms with van der Waals surface area (Å²) in [6, 6.07) is 20.1. The number of ether oxygens (including phenoxy) is 3. The van der Waals surface area contributed by atoms with Crippen molar-refractivity contribution in [2.45, 2.75) is 20.1 Å². The maximum absolute atomic E-state index is 6.06. The van der Waals surface area contributed by atoms with Crippen molar-refractivity contribution in [3.05, 3.63) is 81.8 Å². The summed E-state index contributed by atoms with van der Waals surface area (Å²) in [5.74, 6) is 2.25. The zero-order chi connectivity index (χ0) is 19.9. The van der Waals surface area contributed by atoms with Gasteiger partial charge in [0, 0.05) is 12.2 Å². The molecule has 0 bridgehead atoms. The standard InChI is InChI=1S/C23H24BrNO3/c1-16-6-4-5-7-18(16)15-28-23-21(24)12-17(13-22(23)27-3)14-25-19-8-10-20(26-2)11-9-19/h4-13,25H,14-15H2,1-3H3. The smallest absolute Gasteiger partial charge is 0.175 e. The lowest BCUT2D eigenvalue weighted by molar-refractivity contribution is 0.282. The quantitative estimate of drug-likeness (QED) is 0.467. The zero-order valence-corrected chi connectivity index (χ0v) is 17.9. The molecule has 0 aromatic heterocycles. The van der Waals surface area contributed by atoms with Gasteiger partial charge in [0.15, 0.2) is 11.5 Å². The number of aryl methyl sites for hydroxylation is 1. The van der Waals surface area contributed by atoms with Gasteiger partial charge in [0.05, 0.1) is 18.7 Å². The third-order valence-corrected chi connectivity index (χ3v) is 5.10. The summed E-state index contributed by atoms with van der Waals surface area (Å²) in [6.07, 6.45) is 0. The van der Waals surface area contributed by atoms with E-state index < -0.39 is 0 Å². The second kappa shape index (κ2) is 9.51. The molecule has 0 aliphatic rings. The summed E-state index contributed by atoms with van der Waals surface area (Å²) >= 11 is 3.63. The van der Waals surface area contributed by atoms with Gasteiger partial charge < -0.3 is 19.5 Å². The summed E-state index contributed by atoms with van der Waals surface area (Å²) < 4.78 is 17.7. The van der Waals surface area contributed by atoms with Gasteiger partial charge in [0.25, 0.3) is 0 Å². The van der Waals surface area contributed by atoms with Crippen molar-refractivity contribution >= 4 is 21.6 Å². The molecule has 3 aromatic carbocycles. The number of halogens is 1. The molecule has 0 atom stereocenters. The van der Waals surface area contributed by atoms with E-state index in [1.807, 2.05) is 48.5 Å². The van der Waals surface area contributed by atoms with Crippen LogP contribution in [0.15, 0.2) is 65.1 Å². The Bertz CT molecular complexity index is 926. The molecule has 3 aromatic rings. The highest BCUT2D eigenvalue weighted by Gasteiger charge is 2.12. The Balaban J connectivity index is 1.70. The van der Waals surface area contributed by atoms with Crippen molar-refractivity contribution in [1.82, 2.24) is 0 Å². The predicted octanol–water partition coefficient (Wildman–Crippen LogP) is 5.97. The van der Waals surface area contributed by atoms with Gasteiger partial charge >= 0.3 is 0 Å². The number of nitrogens with one attached hydrogen (secondary N) is 1. The average molecular weight is 442 g/mol. The molecule has 0 aliphatic heterocycles. The molecule has 0 saturated heterocycles. The number of anilines is 1. The SMILES string of the molecule is COc1ccc(NCc2cc(Br)c(OCc3ccccc3C)c(OC)c2)cc1. The number of benzene rings is 3. The minimum atomic E-state index is 0.491. The molecule has 0 amide bonds. The minimum absolute atomic E-state index is 0.491. The summed E-state index contributed by atoms with van der Waals surface area (Å²) in [4.78, 5) is 0. The van der Waals surface area contributed by atoms with E-state index in [0.717, 1.165) is 27.0 Å². The molecule has 28 heavy (non-hydrogen) atoms. The molecular weight excluding hydrogens is 418 g/mol. The first-order chi connectivity index (χ1) is 13.6. The molecule has 5 heteroatoms. The maximum Gasteiger partial charge on any atom is 0.175 e. The summed E-state index contributed by atoms with van der Waals surface area (Å²) in [5.41, 5.74) is 4.47. The summed E-state index contributed by atoms with van der Waals surface area (Å²) in [6.45, 7) is 3.24. The molecule has 0 spiro atoms. The molecule has 0 saturated carbocycles. The lowest BCUT2D eigenvalue weighted by Gasteiger charge is -2.16. The first kappa shape index (κ1) is 20.1. The number of methoxy groups -OCH3 is 2. The van der Waals surface area contributed by atoms with Crippen molar-refractivity contribution in [3.8, 4) is 17.2 Å². The highest BCUT2D eigenvalue weighted by Crippen LogP contribution is 2.37. The zero-order valence-electron chi connectivity index (χ0n) is 16.3. The van der Waals surface area contributed by atoms with E-state index in [9.17, 15) is 0 Å². The van der Waals surface area contributed by atoms with Crippen LogP contribution < -0.4 is 19.5 Å². The topological polar surface area (TPSA) is 39.7 Å². The second-order valence-corrected chi connectivity index (χ2v) is 7.26. The van der Waals surface area contributed by atoms with Gasteiger partial charge in [-0.05, 0) is 75.9 Å². The summed E-state index contributed by atoms with van der Waals surface area (Å²) in [7, 11) is 3.32. The van der Waals surface area contributed by atoms with E-state index in [0.29, 0.717) is 24.7 Å². The van der Waals surface area contributed by atoms with Crippen LogP contribution in [0.1, 0.15) is 16.7 Å². The van der Waals surface area contributed by atoms with E-state index in [-0.39, 0.29) is 0 Å². The van der Waals surface area contributed by atoms with Gasteiger partial charge in [0.2, 0.25) is 0 Å². The van der Waals surface area contributed by atoms with Crippen molar-refractivity contribution < 1.29 is 14.2 Å². The van der Waals surface area contributed by atoms with Crippen LogP contribution in [0.5, 0.6) is 17.2 Å². The van der Waals surface area contributed by atoms with Crippen LogP contribution in [-0.2, 0) is 13.2 Å². The molecule has 0 aliphatic carbocycles. The largest absolute Gasteiger partial charge is 0.497 e. The predicted molar refractivity (Wildman–Crippen MR) is 117 cm³/mol. The van der Waals surface area contributed by atoms with E-state index in [2.05, 4.69) is 40.3 Å². The van der Waals surface area contributed by atoms with Crippen LogP contribution in [0.25, 0.3) is 0 Å². The molecule has 3 rings (SSSR count). The average Bonchev–Trinajstić information content (AvgIpc) is 2.72. The van der Waals surface area contributed by atoms with E-state index in [1.54, 1.807) is 14.2 Å². The van der Waals surface area contributed by atoms with E-state index in [1.165, 1.54) is 5.56 Å². The highest BCUT2D eigenvalue weighted by atomic mass is 79.9. The lowest BCUT2D eigenvalue weighted by atomic mass is 10.1. The fourth-order valence-corrected chi connectivity index (χ4v) is 3.45. The van der Waals surface area contributed by atoms with Crippen LogP contribution in [-0.4, -0.2) is 14.2 Å². The number of rotatable bonds is 8. The maximum atomic E-state index is 6.06. The van der Waals surface area contributed by atoms with Gasteiger partial charge in [-0.25, -0.2) is 0 Å². The Kier molecular flexibility index (Phi) is 6.82. The normalized spacial score (nSPS) is 10.4. The van der Waals surface area contributed by atoms with Gasteiger partial charge in [-0.3, -0.25) is 0 Å².